The van der Waals surface area contributed by atoms with E-state index in [0.717, 1.165) is 30.5 Å². The first kappa shape index (κ1) is 13.9. The lowest BCUT2D eigenvalue weighted by molar-refractivity contribution is 0.170. The van der Waals surface area contributed by atoms with Crippen molar-refractivity contribution >= 4 is 15.9 Å². The minimum absolute atomic E-state index is 0.153. The zero-order valence-electron chi connectivity index (χ0n) is 11.4. The molecule has 0 aromatic heterocycles. The number of para-hydroxylation sites is 1. The number of anilines is 1. The van der Waals surface area contributed by atoms with Crippen LogP contribution in [0.15, 0.2) is 24.3 Å². The van der Waals surface area contributed by atoms with Gasteiger partial charge in [0.1, 0.15) is 0 Å². The molecule has 1 saturated heterocycles. The van der Waals surface area contributed by atoms with Crippen LogP contribution in [0.3, 0.4) is 0 Å². The molecular formula is C14H20N2O3S. The average Bonchev–Trinajstić information content (AvgIpc) is 2.92. The lowest BCUT2D eigenvalue weighted by Gasteiger charge is -2.33. The van der Waals surface area contributed by atoms with Crippen LogP contribution in [0.1, 0.15) is 18.4 Å². The Labute approximate surface area is 120 Å². The largest absolute Gasteiger partial charge is 0.396 e. The Balaban J connectivity index is 1.80. The zero-order chi connectivity index (χ0) is 14.2. The number of piperidine rings is 1. The summed E-state index contributed by atoms with van der Waals surface area (Å²) in [5.41, 5.74) is 1.91. The van der Waals surface area contributed by atoms with Crippen LogP contribution < -0.4 is 4.31 Å². The number of aliphatic hydroxyl groups excluding tert-OH is 1. The van der Waals surface area contributed by atoms with Crippen molar-refractivity contribution in [2.75, 3.05) is 30.5 Å². The number of benzene rings is 1. The second-order valence-corrected chi connectivity index (χ2v) is 7.34. The van der Waals surface area contributed by atoms with Gasteiger partial charge in [-0.3, -0.25) is 4.31 Å². The zero-order valence-corrected chi connectivity index (χ0v) is 12.2. The summed E-state index contributed by atoms with van der Waals surface area (Å²) >= 11 is 0. The van der Waals surface area contributed by atoms with E-state index >= 15 is 0 Å². The van der Waals surface area contributed by atoms with Crippen molar-refractivity contribution in [2.45, 2.75) is 19.3 Å². The molecule has 0 amide bonds. The summed E-state index contributed by atoms with van der Waals surface area (Å²) in [6, 6.07) is 7.69. The Bertz CT molecular complexity index is 580. The fourth-order valence-corrected chi connectivity index (χ4v) is 4.71. The van der Waals surface area contributed by atoms with Gasteiger partial charge < -0.3 is 5.11 Å². The van der Waals surface area contributed by atoms with Gasteiger partial charge in [0.2, 0.25) is 0 Å². The van der Waals surface area contributed by atoms with Gasteiger partial charge in [-0.05, 0) is 36.8 Å². The fraction of sp³-hybridized carbons (Fsp3) is 0.571. The molecule has 6 heteroatoms. The summed E-state index contributed by atoms with van der Waals surface area (Å²) in [4.78, 5) is 0. The molecule has 1 N–H and O–H groups in total. The molecule has 110 valence electrons. The molecule has 3 rings (SSSR count). The number of aliphatic hydroxyl groups is 1. The van der Waals surface area contributed by atoms with Crippen molar-refractivity contribution < 1.29 is 13.5 Å². The smallest absolute Gasteiger partial charge is 0.304 e. The molecule has 0 unspecified atom stereocenters. The van der Waals surface area contributed by atoms with Gasteiger partial charge in [0.05, 0.1) is 5.69 Å². The molecule has 0 radical (unpaired) electrons. The fourth-order valence-electron chi connectivity index (χ4n) is 3.01. The first-order chi connectivity index (χ1) is 9.63. The highest BCUT2D eigenvalue weighted by Crippen LogP contribution is 2.32. The van der Waals surface area contributed by atoms with Gasteiger partial charge in [-0.1, -0.05) is 18.2 Å². The second-order valence-electron chi connectivity index (χ2n) is 5.48. The van der Waals surface area contributed by atoms with Gasteiger partial charge in [-0.15, -0.1) is 0 Å². The first-order valence-corrected chi connectivity index (χ1v) is 8.49. The molecular weight excluding hydrogens is 276 g/mol. The van der Waals surface area contributed by atoms with Gasteiger partial charge >= 0.3 is 10.2 Å². The summed E-state index contributed by atoms with van der Waals surface area (Å²) in [5.74, 6) is 0.243. The van der Waals surface area contributed by atoms with Crippen LogP contribution >= 0.6 is 0 Å². The Morgan fingerprint density at radius 3 is 2.55 bits per heavy atom. The Morgan fingerprint density at radius 2 is 1.85 bits per heavy atom. The normalized spacial score (nSPS) is 21.1. The van der Waals surface area contributed by atoms with E-state index in [-0.39, 0.29) is 12.5 Å². The molecule has 1 aromatic carbocycles. The van der Waals surface area contributed by atoms with Crippen LogP contribution in [0.2, 0.25) is 0 Å². The highest BCUT2D eigenvalue weighted by molar-refractivity contribution is 7.90. The van der Waals surface area contributed by atoms with Crippen molar-refractivity contribution in [3.8, 4) is 0 Å². The second kappa shape index (κ2) is 5.35. The molecule has 20 heavy (non-hydrogen) atoms. The summed E-state index contributed by atoms with van der Waals surface area (Å²) in [5, 5.41) is 9.14. The molecule has 1 aromatic rings. The maximum absolute atomic E-state index is 12.7. The topological polar surface area (TPSA) is 60.9 Å². The van der Waals surface area contributed by atoms with E-state index in [1.54, 1.807) is 4.31 Å². The van der Waals surface area contributed by atoms with Gasteiger partial charge in [0.25, 0.3) is 0 Å². The SMILES string of the molecule is O=S(=O)(N1CCC(CO)CC1)N1CCc2ccccc21. The number of hydrogen-bond acceptors (Lipinski definition) is 3. The van der Waals surface area contributed by atoms with E-state index in [4.69, 9.17) is 5.11 Å². The molecule has 0 aliphatic carbocycles. The molecule has 0 bridgehead atoms. The van der Waals surface area contributed by atoms with Crippen molar-refractivity contribution in [1.29, 1.82) is 0 Å². The Kier molecular flexibility index (Phi) is 3.70. The number of fused-ring (bicyclic) bond motifs is 1. The number of hydrogen-bond donors (Lipinski definition) is 1. The van der Waals surface area contributed by atoms with Crippen LogP contribution in [-0.4, -0.2) is 44.1 Å². The highest BCUT2D eigenvalue weighted by atomic mass is 32.2. The standard InChI is InChI=1S/C14H20N2O3S/c17-11-12-5-8-15(9-6-12)20(18,19)16-10-7-13-3-1-2-4-14(13)16/h1-4,12,17H,5-11H2. The van der Waals surface area contributed by atoms with E-state index in [2.05, 4.69) is 0 Å². The Morgan fingerprint density at radius 1 is 1.15 bits per heavy atom. The van der Waals surface area contributed by atoms with E-state index in [0.29, 0.717) is 19.6 Å². The van der Waals surface area contributed by atoms with Crippen molar-refractivity contribution in [1.82, 2.24) is 4.31 Å². The van der Waals surface area contributed by atoms with Crippen LogP contribution in [0.4, 0.5) is 5.69 Å². The van der Waals surface area contributed by atoms with Crippen LogP contribution in [0.5, 0.6) is 0 Å². The molecule has 2 heterocycles. The van der Waals surface area contributed by atoms with Gasteiger partial charge in [0, 0.05) is 26.2 Å². The quantitative estimate of drug-likeness (QED) is 0.905. The molecule has 0 saturated carbocycles. The minimum Gasteiger partial charge on any atom is -0.396 e. The molecule has 2 aliphatic rings. The monoisotopic (exact) mass is 296 g/mol. The van der Waals surface area contributed by atoms with Crippen molar-refractivity contribution in [3.05, 3.63) is 29.8 Å². The van der Waals surface area contributed by atoms with Crippen LogP contribution in [0, 0.1) is 5.92 Å². The predicted octanol–water partition coefficient (Wildman–Crippen LogP) is 0.998. The molecule has 5 nitrogen and oxygen atoms in total. The lowest BCUT2D eigenvalue weighted by atomic mass is 10.00. The van der Waals surface area contributed by atoms with Crippen molar-refractivity contribution in [3.63, 3.8) is 0 Å². The average molecular weight is 296 g/mol. The predicted molar refractivity (Wildman–Crippen MR) is 77.8 cm³/mol. The van der Waals surface area contributed by atoms with Gasteiger partial charge in [0.15, 0.2) is 0 Å². The summed E-state index contributed by atoms with van der Waals surface area (Å²) in [6.45, 7) is 1.69. The minimum atomic E-state index is -3.42. The number of rotatable bonds is 3. The van der Waals surface area contributed by atoms with Gasteiger partial charge in [-0.2, -0.15) is 12.7 Å². The molecule has 0 spiro atoms. The van der Waals surface area contributed by atoms with E-state index < -0.39 is 10.2 Å². The highest BCUT2D eigenvalue weighted by Gasteiger charge is 2.35. The maximum Gasteiger partial charge on any atom is 0.304 e. The lowest BCUT2D eigenvalue weighted by Crippen LogP contribution is -2.47. The number of nitrogens with zero attached hydrogens (tertiary/aromatic N) is 2. The summed E-state index contributed by atoms with van der Waals surface area (Å²) in [6.07, 6.45) is 2.26. The summed E-state index contributed by atoms with van der Waals surface area (Å²) < 4.78 is 28.6. The van der Waals surface area contributed by atoms with Crippen LogP contribution in [0.25, 0.3) is 0 Å². The van der Waals surface area contributed by atoms with Gasteiger partial charge in [-0.25, -0.2) is 0 Å². The third-order valence-corrected chi connectivity index (χ3v) is 6.24. The van der Waals surface area contributed by atoms with E-state index in [1.165, 1.54) is 4.31 Å². The molecule has 2 aliphatic heterocycles. The third-order valence-electron chi connectivity index (χ3n) is 4.28. The molecule has 0 atom stereocenters. The summed E-state index contributed by atoms with van der Waals surface area (Å²) in [7, 11) is -3.42. The van der Waals surface area contributed by atoms with E-state index in [1.807, 2.05) is 24.3 Å². The maximum atomic E-state index is 12.7. The van der Waals surface area contributed by atoms with Crippen LogP contribution in [-0.2, 0) is 16.6 Å². The van der Waals surface area contributed by atoms with Crippen molar-refractivity contribution in [2.24, 2.45) is 5.92 Å². The Hall–Kier alpha value is -1.11. The first-order valence-electron chi connectivity index (χ1n) is 7.09. The third kappa shape index (κ3) is 2.32. The van der Waals surface area contributed by atoms with E-state index in [9.17, 15) is 8.42 Å². The molecule has 1 fully saturated rings.